The number of fused-ring (bicyclic) bond motifs is 5. The lowest BCUT2D eigenvalue weighted by atomic mass is 9.46. The molecule has 4 rings (SSSR count). The monoisotopic (exact) mass is 314 g/mol. The molecule has 3 fully saturated rings. The molecule has 0 heterocycles. The predicted molar refractivity (Wildman–Crippen MR) is 91.8 cm³/mol. The number of aliphatic hydroxyl groups excluding tert-OH is 1. The van der Waals surface area contributed by atoms with E-state index in [9.17, 15) is 9.90 Å². The van der Waals surface area contributed by atoms with E-state index in [1.807, 2.05) is 0 Å². The maximum atomic E-state index is 11.9. The fraction of sp³-hybridized carbons (Fsp3) is 0.762. The zero-order valence-corrected chi connectivity index (χ0v) is 14.6. The van der Waals surface area contributed by atoms with Crippen molar-refractivity contribution < 1.29 is 9.90 Å². The van der Waals surface area contributed by atoms with Crippen molar-refractivity contribution in [3.8, 4) is 0 Å². The van der Waals surface area contributed by atoms with Crippen LogP contribution in [0.15, 0.2) is 24.3 Å². The summed E-state index contributed by atoms with van der Waals surface area (Å²) >= 11 is 0. The first-order chi connectivity index (χ1) is 10.9. The lowest BCUT2D eigenvalue weighted by molar-refractivity contribution is -0.119. The Morgan fingerprint density at radius 2 is 2.00 bits per heavy atom. The van der Waals surface area contributed by atoms with Crippen LogP contribution in [0.2, 0.25) is 0 Å². The summed E-state index contributed by atoms with van der Waals surface area (Å²) in [6.45, 7) is 8.89. The van der Waals surface area contributed by atoms with E-state index in [2.05, 4.69) is 26.5 Å². The molecule has 2 nitrogen and oxygen atoms in total. The Labute approximate surface area is 140 Å². The molecule has 4 aliphatic rings. The van der Waals surface area contributed by atoms with E-state index in [-0.39, 0.29) is 11.2 Å². The molecule has 0 saturated heterocycles. The third-order valence-corrected chi connectivity index (χ3v) is 8.33. The highest BCUT2D eigenvalue weighted by Crippen LogP contribution is 2.66. The number of allylic oxidation sites excluding steroid dienone is 1. The molecule has 2 heteroatoms. The van der Waals surface area contributed by atoms with Gasteiger partial charge in [-0.2, -0.15) is 0 Å². The molecule has 0 radical (unpaired) electrons. The van der Waals surface area contributed by atoms with Crippen molar-refractivity contribution in [2.45, 2.75) is 64.9 Å². The molecule has 0 aliphatic heterocycles. The highest BCUT2D eigenvalue weighted by Gasteiger charge is 2.59. The summed E-state index contributed by atoms with van der Waals surface area (Å²) in [4.78, 5) is 11.9. The molecular weight excluding hydrogens is 284 g/mol. The minimum atomic E-state index is -0.407. The van der Waals surface area contributed by atoms with E-state index in [0.29, 0.717) is 29.6 Å². The van der Waals surface area contributed by atoms with Crippen molar-refractivity contribution >= 4 is 5.78 Å². The van der Waals surface area contributed by atoms with Crippen LogP contribution in [-0.2, 0) is 4.79 Å². The predicted octanol–water partition coefficient (Wildman–Crippen LogP) is 4.29. The second-order valence-electron chi connectivity index (χ2n) is 9.08. The van der Waals surface area contributed by atoms with Crippen molar-refractivity contribution in [1.82, 2.24) is 0 Å². The summed E-state index contributed by atoms with van der Waals surface area (Å²) in [7, 11) is 0. The third-order valence-electron chi connectivity index (χ3n) is 8.33. The lowest BCUT2D eigenvalue weighted by Crippen LogP contribution is -2.53. The van der Waals surface area contributed by atoms with Gasteiger partial charge < -0.3 is 5.11 Å². The van der Waals surface area contributed by atoms with E-state index in [1.165, 1.54) is 25.7 Å². The molecule has 1 N–H and O–H groups in total. The smallest absolute Gasteiger partial charge is 0.155 e. The van der Waals surface area contributed by atoms with E-state index in [0.717, 1.165) is 24.3 Å². The van der Waals surface area contributed by atoms with Crippen molar-refractivity contribution in [2.75, 3.05) is 0 Å². The first kappa shape index (κ1) is 15.6. The summed E-state index contributed by atoms with van der Waals surface area (Å²) in [5.74, 6) is 2.83. The van der Waals surface area contributed by atoms with Crippen LogP contribution in [0.25, 0.3) is 0 Å². The largest absolute Gasteiger partial charge is 0.389 e. The molecule has 0 spiro atoms. The zero-order valence-electron chi connectivity index (χ0n) is 14.6. The van der Waals surface area contributed by atoms with E-state index in [4.69, 9.17) is 0 Å². The van der Waals surface area contributed by atoms with Crippen molar-refractivity contribution in [3.63, 3.8) is 0 Å². The molecule has 7 unspecified atom stereocenters. The number of rotatable bonds is 1. The van der Waals surface area contributed by atoms with E-state index < -0.39 is 6.10 Å². The van der Waals surface area contributed by atoms with Crippen LogP contribution >= 0.6 is 0 Å². The summed E-state index contributed by atoms with van der Waals surface area (Å²) in [6, 6.07) is 0. The average molecular weight is 314 g/mol. The Morgan fingerprint density at radius 1 is 1.22 bits per heavy atom. The number of hydrogen-bond donors (Lipinski definition) is 1. The Balaban J connectivity index is 1.72. The standard InChI is InChI=1S/C21H30O2/c1-4-13-5-6-16-15-12-19(23)18-11-14(22)7-9-21(18,3)17(15)8-10-20(13,16)2/h4,11,13,15-17,19,23H,1,5-10,12H2,2-3H3. The van der Waals surface area contributed by atoms with Gasteiger partial charge in [0.1, 0.15) is 0 Å². The molecule has 0 amide bonds. The van der Waals surface area contributed by atoms with Gasteiger partial charge in [-0.25, -0.2) is 0 Å². The number of carbonyl (C=O) groups is 1. The highest BCUT2D eigenvalue weighted by molar-refractivity contribution is 5.91. The number of aliphatic hydroxyl groups is 1. The summed E-state index contributed by atoms with van der Waals surface area (Å²) < 4.78 is 0. The molecule has 0 aromatic carbocycles. The fourth-order valence-electron chi connectivity index (χ4n) is 7.03. The average Bonchev–Trinajstić information content (AvgIpc) is 2.86. The number of carbonyl (C=O) groups excluding carboxylic acids is 1. The Hall–Kier alpha value is -0.890. The molecule has 126 valence electrons. The van der Waals surface area contributed by atoms with Gasteiger partial charge in [0.05, 0.1) is 6.10 Å². The van der Waals surface area contributed by atoms with Gasteiger partial charge in [0.15, 0.2) is 5.78 Å². The van der Waals surface area contributed by atoms with Gasteiger partial charge >= 0.3 is 0 Å². The van der Waals surface area contributed by atoms with Gasteiger partial charge in [-0.05, 0) is 84.7 Å². The van der Waals surface area contributed by atoms with Gasteiger partial charge in [-0.1, -0.05) is 19.9 Å². The van der Waals surface area contributed by atoms with Gasteiger partial charge in [-0.15, -0.1) is 6.58 Å². The van der Waals surface area contributed by atoms with Crippen molar-refractivity contribution in [3.05, 3.63) is 24.3 Å². The van der Waals surface area contributed by atoms with E-state index in [1.54, 1.807) is 6.08 Å². The van der Waals surface area contributed by atoms with E-state index >= 15 is 0 Å². The van der Waals surface area contributed by atoms with Crippen LogP contribution in [0.4, 0.5) is 0 Å². The van der Waals surface area contributed by atoms with Crippen LogP contribution in [0.3, 0.4) is 0 Å². The first-order valence-corrected chi connectivity index (χ1v) is 9.45. The van der Waals surface area contributed by atoms with Gasteiger partial charge in [0, 0.05) is 6.42 Å². The van der Waals surface area contributed by atoms with Crippen LogP contribution < -0.4 is 0 Å². The van der Waals surface area contributed by atoms with Gasteiger partial charge in [0.25, 0.3) is 0 Å². The zero-order chi connectivity index (χ0) is 16.4. The van der Waals surface area contributed by atoms with Crippen LogP contribution in [0.5, 0.6) is 0 Å². The molecule has 7 atom stereocenters. The van der Waals surface area contributed by atoms with Gasteiger partial charge in [-0.3, -0.25) is 4.79 Å². The topological polar surface area (TPSA) is 37.3 Å². The van der Waals surface area contributed by atoms with Crippen LogP contribution in [-0.4, -0.2) is 17.0 Å². The molecule has 0 aromatic rings. The number of ketones is 1. The Bertz CT molecular complexity index is 576. The second kappa shape index (κ2) is 5.05. The quantitative estimate of drug-likeness (QED) is 0.733. The van der Waals surface area contributed by atoms with Crippen molar-refractivity contribution in [1.29, 1.82) is 0 Å². The molecular formula is C21H30O2. The molecule has 4 aliphatic carbocycles. The van der Waals surface area contributed by atoms with Crippen LogP contribution in [0, 0.1) is 34.5 Å². The maximum Gasteiger partial charge on any atom is 0.155 e. The Kier molecular flexibility index (Phi) is 3.43. The lowest BCUT2D eigenvalue weighted by Gasteiger charge is -2.59. The summed E-state index contributed by atoms with van der Waals surface area (Å²) in [5.41, 5.74) is 1.48. The van der Waals surface area contributed by atoms with Gasteiger partial charge in [0.2, 0.25) is 0 Å². The fourth-order valence-corrected chi connectivity index (χ4v) is 7.03. The molecule has 3 saturated carbocycles. The summed E-state index contributed by atoms with van der Waals surface area (Å²) in [6.07, 6.45) is 11.1. The number of hydrogen-bond acceptors (Lipinski definition) is 2. The van der Waals surface area contributed by atoms with Crippen molar-refractivity contribution in [2.24, 2.45) is 34.5 Å². The first-order valence-electron chi connectivity index (χ1n) is 9.45. The normalized spacial score (nSPS) is 52.2. The SMILES string of the molecule is C=CC1CCC2C3CC(O)C4=CC(=O)CCC4(C)C3CCC12C. The minimum Gasteiger partial charge on any atom is -0.389 e. The highest BCUT2D eigenvalue weighted by atomic mass is 16.3. The van der Waals surface area contributed by atoms with Crippen LogP contribution in [0.1, 0.15) is 58.8 Å². The second-order valence-corrected chi connectivity index (χ2v) is 9.08. The third kappa shape index (κ3) is 2.00. The minimum absolute atomic E-state index is 0.0455. The maximum absolute atomic E-state index is 11.9. The summed E-state index contributed by atoms with van der Waals surface area (Å²) in [5, 5.41) is 10.8. The molecule has 23 heavy (non-hydrogen) atoms. The molecule has 0 aromatic heterocycles. The molecule has 0 bridgehead atoms. The Morgan fingerprint density at radius 3 is 2.74 bits per heavy atom.